The SMILES string of the molecule is CCn1nc(-c2ccc(F)cc2OC)cc1CC(=O)OCc1ccc2c(cnn2C)c1. The number of carbonyl (C=O) groups excluding carboxylic acids is 1. The van der Waals surface area contributed by atoms with E-state index in [1.165, 1.54) is 19.2 Å². The smallest absolute Gasteiger partial charge is 0.312 e. The van der Waals surface area contributed by atoms with Gasteiger partial charge in [-0.05, 0) is 42.8 Å². The van der Waals surface area contributed by atoms with Crippen molar-refractivity contribution >= 4 is 16.9 Å². The van der Waals surface area contributed by atoms with Gasteiger partial charge in [-0.3, -0.25) is 14.2 Å². The number of halogens is 1. The lowest BCUT2D eigenvalue weighted by atomic mass is 10.1. The highest BCUT2D eigenvalue weighted by atomic mass is 19.1. The lowest BCUT2D eigenvalue weighted by Crippen LogP contribution is -2.12. The summed E-state index contributed by atoms with van der Waals surface area (Å²) in [5, 5.41) is 9.76. The maximum absolute atomic E-state index is 13.5. The van der Waals surface area contributed by atoms with Gasteiger partial charge in [-0.1, -0.05) is 6.07 Å². The molecular formula is C23H23FN4O3. The van der Waals surface area contributed by atoms with Crippen LogP contribution in [-0.2, 0) is 36.2 Å². The molecule has 0 bridgehead atoms. The average Bonchev–Trinajstić information content (AvgIpc) is 3.35. The maximum Gasteiger partial charge on any atom is 0.312 e. The van der Waals surface area contributed by atoms with Gasteiger partial charge in [0.1, 0.15) is 18.2 Å². The van der Waals surface area contributed by atoms with Crippen molar-refractivity contribution in [3.63, 3.8) is 0 Å². The summed E-state index contributed by atoms with van der Waals surface area (Å²) in [5.74, 6) is -0.344. The molecule has 0 aliphatic heterocycles. The van der Waals surface area contributed by atoms with Crippen LogP contribution in [0.3, 0.4) is 0 Å². The van der Waals surface area contributed by atoms with Crippen LogP contribution in [0, 0.1) is 5.82 Å². The topological polar surface area (TPSA) is 71.2 Å². The second-order valence-corrected chi connectivity index (χ2v) is 7.18. The Bertz CT molecular complexity index is 1250. The normalized spacial score (nSPS) is 11.1. The molecule has 4 aromatic rings. The van der Waals surface area contributed by atoms with Crippen molar-refractivity contribution in [1.82, 2.24) is 19.6 Å². The highest BCUT2D eigenvalue weighted by molar-refractivity contribution is 5.79. The molecule has 0 saturated carbocycles. The largest absolute Gasteiger partial charge is 0.496 e. The third-order valence-electron chi connectivity index (χ3n) is 5.14. The number of methoxy groups -OCH3 is 1. The number of ether oxygens (including phenoxy) is 2. The molecule has 4 rings (SSSR count). The van der Waals surface area contributed by atoms with E-state index in [1.807, 2.05) is 38.2 Å². The molecule has 7 nitrogen and oxygen atoms in total. The van der Waals surface area contributed by atoms with Gasteiger partial charge in [0.15, 0.2) is 0 Å². The van der Waals surface area contributed by atoms with E-state index in [0.717, 1.165) is 22.2 Å². The van der Waals surface area contributed by atoms with E-state index in [9.17, 15) is 9.18 Å². The Morgan fingerprint density at radius 2 is 2.00 bits per heavy atom. The van der Waals surface area contributed by atoms with E-state index in [0.29, 0.717) is 23.6 Å². The van der Waals surface area contributed by atoms with Crippen molar-refractivity contribution in [1.29, 1.82) is 0 Å². The van der Waals surface area contributed by atoms with Gasteiger partial charge in [-0.2, -0.15) is 10.2 Å². The summed E-state index contributed by atoms with van der Waals surface area (Å²) in [4.78, 5) is 12.5. The number of carbonyl (C=O) groups is 1. The monoisotopic (exact) mass is 422 g/mol. The molecule has 2 aromatic carbocycles. The zero-order chi connectivity index (χ0) is 22.0. The minimum Gasteiger partial charge on any atom is -0.496 e. The van der Waals surface area contributed by atoms with E-state index in [4.69, 9.17) is 9.47 Å². The molecule has 0 atom stereocenters. The van der Waals surface area contributed by atoms with Crippen molar-refractivity contribution in [3.8, 4) is 17.0 Å². The second-order valence-electron chi connectivity index (χ2n) is 7.18. The summed E-state index contributed by atoms with van der Waals surface area (Å²) in [6, 6.07) is 11.9. The van der Waals surface area contributed by atoms with Gasteiger partial charge < -0.3 is 9.47 Å². The fourth-order valence-corrected chi connectivity index (χ4v) is 3.55. The Kier molecular flexibility index (Phi) is 5.70. The molecule has 0 unspecified atom stereocenters. The maximum atomic E-state index is 13.5. The number of benzene rings is 2. The summed E-state index contributed by atoms with van der Waals surface area (Å²) in [6.07, 6.45) is 1.87. The van der Waals surface area contributed by atoms with Crippen molar-refractivity contribution in [2.45, 2.75) is 26.5 Å². The van der Waals surface area contributed by atoms with E-state index in [1.54, 1.807) is 21.6 Å². The molecule has 0 spiro atoms. The van der Waals surface area contributed by atoms with E-state index >= 15 is 0 Å². The summed E-state index contributed by atoms with van der Waals surface area (Å²) in [7, 11) is 3.37. The number of esters is 1. The molecule has 8 heteroatoms. The lowest BCUT2D eigenvalue weighted by Gasteiger charge is -2.07. The zero-order valence-electron chi connectivity index (χ0n) is 17.6. The minimum absolute atomic E-state index is 0.0828. The number of fused-ring (bicyclic) bond motifs is 1. The van der Waals surface area contributed by atoms with Crippen LogP contribution in [0.15, 0.2) is 48.7 Å². The molecule has 0 aliphatic rings. The number of nitrogens with zero attached hydrogens (tertiary/aromatic N) is 4. The fraction of sp³-hybridized carbons (Fsp3) is 0.261. The van der Waals surface area contributed by atoms with Crippen LogP contribution >= 0.6 is 0 Å². The number of hydrogen-bond acceptors (Lipinski definition) is 5. The van der Waals surface area contributed by atoms with Crippen molar-refractivity contribution in [2.75, 3.05) is 7.11 Å². The van der Waals surface area contributed by atoms with Crippen molar-refractivity contribution in [3.05, 3.63) is 65.7 Å². The first-order valence-electron chi connectivity index (χ1n) is 9.95. The van der Waals surface area contributed by atoms with Crippen LogP contribution in [0.2, 0.25) is 0 Å². The lowest BCUT2D eigenvalue weighted by molar-refractivity contribution is -0.144. The van der Waals surface area contributed by atoms with Gasteiger partial charge in [-0.25, -0.2) is 4.39 Å². The Morgan fingerprint density at radius 3 is 2.77 bits per heavy atom. The van der Waals surface area contributed by atoms with E-state index in [2.05, 4.69) is 10.2 Å². The predicted octanol–water partition coefficient (Wildman–Crippen LogP) is 3.89. The van der Waals surface area contributed by atoms with Gasteiger partial charge >= 0.3 is 5.97 Å². The summed E-state index contributed by atoms with van der Waals surface area (Å²) < 4.78 is 27.8. The van der Waals surface area contributed by atoms with Gasteiger partial charge in [0, 0.05) is 30.6 Å². The van der Waals surface area contributed by atoms with Crippen LogP contribution < -0.4 is 4.74 Å². The molecule has 0 N–H and O–H groups in total. The first kappa shape index (κ1) is 20.6. The van der Waals surface area contributed by atoms with Gasteiger partial charge in [0.2, 0.25) is 0 Å². The molecule has 2 aromatic heterocycles. The molecule has 160 valence electrons. The Morgan fingerprint density at radius 1 is 1.16 bits per heavy atom. The second kappa shape index (κ2) is 8.59. The first-order chi connectivity index (χ1) is 15.0. The minimum atomic E-state index is -0.385. The van der Waals surface area contributed by atoms with Crippen LogP contribution in [0.4, 0.5) is 4.39 Å². The van der Waals surface area contributed by atoms with Gasteiger partial charge in [0.05, 0.1) is 36.6 Å². The molecular weight excluding hydrogens is 399 g/mol. The Labute approximate surface area is 179 Å². The average molecular weight is 422 g/mol. The van der Waals surface area contributed by atoms with Crippen molar-refractivity contribution in [2.24, 2.45) is 7.05 Å². The summed E-state index contributed by atoms with van der Waals surface area (Å²) in [6.45, 7) is 2.71. The molecule has 0 radical (unpaired) electrons. The van der Waals surface area contributed by atoms with E-state index in [-0.39, 0.29) is 24.8 Å². The number of aryl methyl sites for hydroxylation is 2. The third kappa shape index (κ3) is 4.28. The molecule has 0 amide bonds. The van der Waals surface area contributed by atoms with Crippen LogP contribution in [0.25, 0.3) is 22.2 Å². The predicted molar refractivity (Wildman–Crippen MR) is 114 cm³/mol. The Balaban J connectivity index is 1.47. The van der Waals surface area contributed by atoms with Crippen LogP contribution in [-0.4, -0.2) is 32.6 Å². The van der Waals surface area contributed by atoms with Crippen molar-refractivity contribution < 1.29 is 18.7 Å². The van der Waals surface area contributed by atoms with Crippen LogP contribution in [0.5, 0.6) is 5.75 Å². The number of hydrogen-bond donors (Lipinski definition) is 0. The highest BCUT2D eigenvalue weighted by Crippen LogP contribution is 2.30. The zero-order valence-corrected chi connectivity index (χ0v) is 17.6. The first-order valence-corrected chi connectivity index (χ1v) is 9.95. The molecule has 2 heterocycles. The molecule has 0 aliphatic carbocycles. The molecule has 0 saturated heterocycles. The van der Waals surface area contributed by atoms with Gasteiger partial charge in [0.25, 0.3) is 0 Å². The number of aromatic nitrogens is 4. The summed E-state index contributed by atoms with van der Waals surface area (Å²) >= 11 is 0. The quantitative estimate of drug-likeness (QED) is 0.423. The standard InChI is InChI=1S/C23H23FN4O3/c1-4-28-18(11-20(26-28)19-7-6-17(24)10-22(19)30-3)12-23(29)31-14-15-5-8-21-16(9-15)13-25-27(21)2/h5-11,13H,4,12,14H2,1-3H3. The fourth-order valence-electron chi connectivity index (χ4n) is 3.55. The van der Waals surface area contributed by atoms with Crippen LogP contribution in [0.1, 0.15) is 18.2 Å². The number of rotatable bonds is 7. The Hall–Kier alpha value is -3.68. The summed E-state index contributed by atoms with van der Waals surface area (Å²) in [5.41, 5.74) is 3.91. The van der Waals surface area contributed by atoms with Gasteiger partial charge in [-0.15, -0.1) is 0 Å². The highest BCUT2D eigenvalue weighted by Gasteiger charge is 2.16. The molecule has 0 fully saturated rings. The van der Waals surface area contributed by atoms with E-state index < -0.39 is 0 Å². The third-order valence-corrected chi connectivity index (χ3v) is 5.14. The molecule has 31 heavy (non-hydrogen) atoms.